The van der Waals surface area contributed by atoms with Crippen LogP contribution in [0.25, 0.3) is 11.1 Å². The van der Waals surface area contributed by atoms with Crippen LogP contribution >= 0.6 is 0 Å². The van der Waals surface area contributed by atoms with Crippen molar-refractivity contribution in [2.45, 2.75) is 12.5 Å². The molecule has 2 saturated heterocycles. The monoisotopic (exact) mass is 438 g/mol. The minimum Gasteiger partial charge on any atom is -0.379 e. The number of anilines is 2. The number of likely N-dealkylation sites (tertiary alicyclic amines) is 1. The van der Waals surface area contributed by atoms with E-state index in [1.54, 1.807) is 18.5 Å². The summed E-state index contributed by atoms with van der Waals surface area (Å²) in [4.78, 5) is 36.0. The summed E-state index contributed by atoms with van der Waals surface area (Å²) in [6, 6.07) is 5.71. The number of rotatable bonds is 7. The summed E-state index contributed by atoms with van der Waals surface area (Å²) in [5, 5.41) is 6.35. The number of aromatic amines is 1. The zero-order valence-electron chi connectivity index (χ0n) is 18.3. The number of nitrogens with one attached hydrogen (secondary N) is 3. The van der Waals surface area contributed by atoms with Crippen molar-refractivity contribution in [1.82, 2.24) is 19.8 Å². The molecule has 9 heteroatoms. The third-order valence-electron chi connectivity index (χ3n) is 5.84. The topological polar surface area (TPSA) is 103 Å². The average molecular weight is 439 g/mol. The standard InChI is InChI=1S/C23H30N6O3/c1-24-21-14-17(4-6-25-21)18-13-20(23(31)26-15-18)27-19-5-8-29(16-19)22(30)3-2-7-28-9-11-32-12-10-28/h2-4,6,13-15,19,27H,5,7-12,16H2,1H3,(H,24,25)(H,26,31)/b3-2+/t19-/m1/s1. The SMILES string of the molecule is CNc1cc(-c2c[nH]c(=O)c(N[C@@H]3CCN(C(=O)/C=C/CN4CCOCC4)C3)c2)ccn1. The summed E-state index contributed by atoms with van der Waals surface area (Å²) in [7, 11) is 1.82. The third-order valence-corrected chi connectivity index (χ3v) is 5.84. The van der Waals surface area contributed by atoms with Crippen molar-refractivity contribution in [2.24, 2.45) is 0 Å². The van der Waals surface area contributed by atoms with E-state index in [2.05, 4.69) is 25.5 Å². The largest absolute Gasteiger partial charge is 0.379 e. The number of morpholine rings is 1. The van der Waals surface area contributed by atoms with E-state index in [9.17, 15) is 9.59 Å². The van der Waals surface area contributed by atoms with Crippen molar-refractivity contribution in [3.8, 4) is 11.1 Å². The fourth-order valence-corrected chi connectivity index (χ4v) is 3.99. The van der Waals surface area contributed by atoms with Gasteiger partial charge in [-0.25, -0.2) is 4.98 Å². The summed E-state index contributed by atoms with van der Waals surface area (Å²) in [6.07, 6.45) is 7.81. The minimum absolute atomic E-state index is 0.0154. The highest BCUT2D eigenvalue weighted by molar-refractivity contribution is 5.88. The van der Waals surface area contributed by atoms with Gasteiger partial charge in [-0.15, -0.1) is 0 Å². The Kier molecular flexibility index (Phi) is 7.18. The highest BCUT2D eigenvalue weighted by Gasteiger charge is 2.25. The van der Waals surface area contributed by atoms with Crippen LogP contribution in [0, 0.1) is 0 Å². The first-order valence-electron chi connectivity index (χ1n) is 11.0. The molecule has 0 bridgehead atoms. The first-order chi connectivity index (χ1) is 15.6. The van der Waals surface area contributed by atoms with Gasteiger partial charge in [-0.05, 0) is 30.2 Å². The van der Waals surface area contributed by atoms with Crippen molar-refractivity contribution in [3.05, 3.63) is 53.1 Å². The van der Waals surface area contributed by atoms with E-state index in [0.29, 0.717) is 18.8 Å². The summed E-state index contributed by atoms with van der Waals surface area (Å²) in [6.45, 7) is 5.31. The fourth-order valence-electron chi connectivity index (χ4n) is 3.99. The van der Waals surface area contributed by atoms with Gasteiger partial charge < -0.3 is 25.3 Å². The lowest BCUT2D eigenvalue weighted by Crippen LogP contribution is -2.36. The van der Waals surface area contributed by atoms with Crippen LogP contribution in [0.1, 0.15) is 6.42 Å². The lowest BCUT2D eigenvalue weighted by Gasteiger charge is -2.25. The van der Waals surface area contributed by atoms with E-state index in [1.807, 2.05) is 36.2 Å². The maximum absolute atomic E-state index is 12.5. The summed E-state index contributed by atoms with van der Waals surface area (Å²) < 4.78 is 5.34. The van der Waals surface area contributed by atoms with E-state index >= 15 is 0 Å². The second-order valence-electron chi connectivity index (χ2n) is 8.04. The fraction of sp³-hybridized carbons (Fsp3) is 0.435. The molecule has 1 amide bonds. The van der Waals surface area contributed by atoms with Gasteiger partial charge in [0.1, 0.15) is 11.5 Å². The van der Waals surface area contributed by atoms with Gasteiger partial charge in [0.2, 0.25) is 5.91 Å². The number of carbonyl (C=O) groups excluding carboxylic acids is 1. The molecule has 2 fully saturated rings. The van der Waals surface area contributed by atoms with Crippen LogP contribution in [0.15, 0.2) is 47.5 Å². The highest BCUT2D eigenvalue weighted by Crippen LogP contribution is 2.22. The molecule has 2 aliphatic rings. The van der Waals surface area contributed by atoms with E-state index < -0.39 is 0 Å². The van der Waals surface area contributed by atoms with Crippen LogP contribution in [0.3, 0.4) is 0 Å². The summed E-state index contributed by atoms with van der Waals surface area (Å²) in [5.41, 5.74) is 2.18. The second kappa shape index (κ2) is 10.4. The number of aromatic nitrogens is 2. The van der Waals surface area contributed by atoms with Crippen LogP contribution in [-0.2, 0) is 9.53 Å². The second-order valence-corrected chi connectivity index (χ2v) is 8.04. The van der Waals surface area contributed by atoms with Gasteiger partial charge >= 0.3 is 0 Å². The zero-order chi connectivity index (χ0) is 22.3. The zero-order valence-corrected chi connectivity index (χ0v) is 18.3. The molecule has 4 rings (SSSR count). The molecule has 0 saturated carbocycles. The lowest BCUT2D eigenvalue weighted by atomic mass is 10.1. The van der Waals surface area contributed by atoms with Crippen molar-refractivity contribution < 1.29 is 9.53 Å². The molecule has 2 aromatic heterocycles. The van der Waals surface area contributed by atoms with Crippen molar-refractivity contribution in [1.29, 1.82) is 0 Å². The quantitative estimate of drug-likeness (QED) is 0.561. The molecule has 0 aromatic carbocycles. The summed E-state index contributed by atoms with van der Waals surface area (Å²) in [5.74, 6) is 0.774. The molecule has 1 atom stereocenters. The molecule has 4 heterocycles. The number of hydrogen-bond donors (Lipinski definition) is 3. The van der Waals surface area contributed by atoms with Crippen molar-refractivity contribution in [2.75, 3.05) is 63.6 Å². The smallest absolute Gasteiger partial charge is 0.271 e. The van der Waals surface area contributed by atoms with Crippen LogP contribution in [-0.4, -0.2) is 84.7 Å². The van der Waals surface area contributed by atoms with Gasteiger partial charge in [0.15, 0.2) is 0 Å². The molecule has 9 nitrogen and oxygen atoms in total. The van der Waals surface area contributed by atoms with E-state index in [4.69, 9.17) is 4.74 Å². The molecular formula is C23H30N6O3. The maximum atomic E-state index is 12.5. The number of nitrogens with zero attached hydrogens (tertiary/aromatic N) is 3. The van der Waals surface area contributed by atoms with E-state index in [-0.39, 0.29) is 17.5 Å². The Balaban J connectivity index is 1.34. The lowest BCUT2D eigenvalue weighted by molar-refractivity contribution is -0.125. The third kappa shape index (κ3) is 5.54. The number of amides is 1. The van der Waals surface area contributed by atoms with Crippen LogP contribution < -0.4 is 16.2 Å². The van der Waals surface area contributed by atoms with Crippen LogP contribution in [0.5, 0.6) is 0 Å². The number of H-pyrrole nitrogens is 1. The van der Waals surface area contributed by atoms with Gasteiger partial charge in [-0.3, -0.25) is 14.5 Å². The van der Waals surface area contributed by atoms with Crippen LogP contribution in [0.2, 0.25) is 0 Å². The Bertz CT molecular complexity index is 1010. The molecule has 3 N–H and O–H groups in total. The van der Waals surface area contributed by atoms with Crippen LogP contribution in [0.4, 0.5) is 11.5 Å². The van der Waals surface area contributed by atoms with E-state index in [0.717, 1.165) is 56.2 Å². The Labute approximate surface area is 187 Å². The minimum atomic E-state index is -0.174. The Morgan fingerprint density at radius 1 is 1.28 bits per heavy atom. The predicted molar refractivity (Wildman–Crippen MR) is 125 cm³/mol. The molecule has 0 aliphatic carbocycles. The molecule has 170 valence electrons. The summed E-state index contributed by atoms with van der Waals surface area (Å²) >= 11 is 0. The molecule has 0 spiro atoms. The number of carbonyl (C=O) groups is 1. The highest BCUT2D eigenvalue weighted by atomic mass is 16.5. The van der Waals surface area contributed by atoms with Gasteiger partial charge in [0, 0.05) is 69.8 Å². The molecule has 2 aromatic rings. The van der Waals surface area contributed by atoms with Crippen molar-refractivity contribution >= 4 is 17.4 Å². The van der Waals surface area contributed by atoms with E-state index in [1.165, 1.54) is 0 Å². The number of pyridine rings is 2. The molecule has 2 aliphatic heterocycles. The van der Waals surface area contributed by atoms with Gasteiger partial charge in [0.25, 0.3) is 5.56 Å². The first-order valence-corrected chi connectivity index (χ1v) is 11.0. The number of hydrogen-bond acceptors (Lipinski definition) is 7. The average Bonchev–Trinajstić information content (AvgIpc) is 3.30. The van der Waals surface area contributed by atoms with Crippen molar-refractivity contribution in [3.63, 3.8) is 0 Å². The Morgan fingerprint density at radius 2 is 2.12 bits per heavy atom. The van der Waals surface area contributed by atoms with Gasteiger partial charge in [-0.1, -0.05) is 6.08 Å². The molecule has 32 heavy (non-hydrogen) atoms. The molecule has 0 radical (unpaired) electrons. The Morgan fingerprint density at radius 3 is 2.94 bits per heavy atom. The predicted octanol–water partition coefficient (Wildman–Crippen LogP) is 1.38. The van der Waals surface area contributed by atoms with Gasteiger partial charge in [-0.2, -0.15) is 0 Å². The molecular weight excluding hydrogens is 408 g/mol. The normalized spacial score (nSPS) is 19.4. The number of ether oxygens (including phenoxy) is 1. The maximum Gasteiger partial charge on any atom is 0.271 e. The van der Waals surface area contributed by atoms with Gasteiger partial charge in [0.05, 0.1) is 13.2 Å². The molecule has 0 unspecified atom stereocenters. The first kappa shape index (κ1) is 22.0. The Hall–Kier alpha value is -3.17.